The van der Waals surface area contributed by atoms with Crippen molar-refractivity contribution < 1.29 is 14.3 Å². The fourth-order valence-corrected chi connectivity index (χ4v) is 2.68. The van der Waals surface area contributed by atoms with Crippen molar-refractivity contribution in [2.75, 3.05) is 12.0 Å². The quantitative estimate of drug-likeness (QED) is 0.580. The lowest BCUT2D eigenvalue weighted by molar-refractivity contribution is 0.0598. The molecule has 2 aromatic heterocycles. The van der Waals surface area contributed by atoms with Crippen LogP contribution >= 0.6 is 11.6 Å². The number of carbonyl (C=O) groups is 1. The number of halogens is 1. The van der Waals surface area contributed by atoms with E-state index in [0.717, 1.165) is 0 Å². The molecule has 2 heterocycles. The number of rotatable bonds is 4. The van der Waals surface area contributed by atoms with Gasteiger partial charge in [0, 0.05) is 11.2 Å². The second-order valence-corrected chi connectivity index (χ2v) is 7.55. The van der Waals surface area contributed by atoms with Gasteiger partial charge in [0.25, 0.3) is 0 Å². The highest BCUT2D eigenvalue weighted by Gasteiger charge is 2.26. The number of pyridine rings is 1. The van der Waals surface area contributed by atoms with Gasteiger partial charge < -0.3 is 9.47 Å². The van der Waals surface area contributed by atoms with E-state index in [-0.39, 0.29) is 5.82 Å². The molecular weight excluding hydrogens is 392 g/mol. The standard InChI is InChI=1S/C21H21ClN4O3/c1-21(2,3)29-20(27)26(15-9-7-14(22)8-10-15)18-13-23-12-16(25-18)19-17(28-4)6-5-11-24-19/h5-13H,1-4H3. The topological polar surface area (TPSA) is 77.4 Å². The molecule has 0 saturated carbocycles. The Hall–Kier alpha value is -3.19. The Bertz CT molecular complexity index is 1000. The van der Waals surface area contributed by atoms with Crippen LogP contribution in [0.4, 0.5) is 16.3 Å². The summed E-state index contributed by atoms with van der Waals surface area (Å²) >= 11 is 6.00. The molecule has 8 heteroatoms. The molecule has 0 atom stereocenters. The predicted octanol–water partition coefficient (Wildman–Crippen LogP) is 5.27. The SMILES string of the molecule is COc1cccnc1-c1cncc(N(C(=O)OC(C)(C)C)c2ccc(Cl)cc2)n1. The monoisotopic (exact) mass is 412 g/mol. The zero-order valence-corrected chi connectivity index (χ0v) is 17.3. The first kappa shape index (κ1) is 20.5. The Morgan fingerprint density at radius 1 is 1.10 bits per heavy atom. The molecular formula is C21H21ClN4O3. The third kappa shape index (κ3) is 5.00. The van der Waals surface area contributed by atoms with Crippen molar-refractivity contribution in [1.82, 2.24) is 15.0 Å². The molecule has 7 nitrogen and oxygen atoms in total. The second kappa shape index (κ2) is 8.45. The van der Waals surface area contributed by atoms with Gasteiger partial charge in [-0.1, -0.05) is 11.6 Å². The summed E-state index contributed by atoms with van der Waals surface area (Å²) in [5.41, 5.74) is 0.840. The average molecular weight is 413 g/mol. The van der Waals surface area contributed by atoms with Crippen LogP contribution in [-0.4, -0.2) is 33.8 Å². The zero-order valence-electron chi connectivity index (χ0n) is 16.6. The first-order valence-electron chi connectivity index (χ1n) is 8.88. The smallest absolute Gasteiger partial charge is 0.420 e. The summed E-state index contributed by atoms with van der Waals surface area (Å²) in [6, 6.07) is 10.3. The van der Waals surface area contributed by atoms with Crippen molar-refractivity contribution in [2.45, 2.75) is 26.4 Å². The third-order valence-corrected chi connectivity index (χ3v) is 4.00. The number of anilines is 2. The molecule has 1 aromatic carbocycles. The van der Waals surface area contributed by atoms with E-state index in [0.29, 0.717) is 27.8 Å². The van der Waals surface area contributed by atoms with Gasteiger partial charge in [-0.15, -0.1) is 0 Å². The molecule has 0 N–H and O–H groups in total. The molecule has 29 heavy (non-hydrogen) atoms. The Labute approximate surface area is 174 Å². The van der Waals surface area contributed by atoms with E-state index >= 15 is 0 Å². The molecule has 0 bridgehead atoms. The van der Waals surface area contributed by atoms with E-state index < -0.39 is 11.7 Å². The number of aromatic nitrogens is 3. The van der Waals surface area contributed by atoms with Crippen LogP contribution in [0.3, 0.4) is 0 Å². The van der Waals surface area contributed by atoms with Gasteiger partial charge in [-0.2, -0.15) is 0 Å². The van der Waals surface area contributed by atoms with Crippen molar-refractivity contribution >= 4 is 29.2 Å². The van der Waals surface area contributed by atoms with Gasteiger partial charge in [-0.05, 0) is 57.2 Å². The van der Waals surface area contributed by atoms with Crippen LogP contribution in [0, 0.1) is 0 Å². The molecule has 0 fully saturated rings. The van der Waals surface area contributed by atoms with Gasteiger partial charge in [0.2, 0.25) is 0 Å². The van der Waals surface area contributed by atoms with Crippen LogP contribution in [0.25, 0.3) is 11.4 Å². The lowest BCUT2D eigenvalue weighted by Gasteiger charge is -2.27. The van der Waals surface area contributed by atoms with Crippen molar-refractivity contribution in [3.8, 4) is 17.1 Å². The molecule has 0 radical (unpaired) electrons. The number of ether oxygens (including phenoxy) is 2. The molecule has 3 rings (SSSR count). The number of benzene rings is 1. The molecule has 0 unspecified atom stereocenters. The zero-order chi connectivity index (χ0) is 21.0. The number of hydrogen-bond acceptors (Lipinski definition) is 6. The Morgan fingerprint density at radius 2 is 1.83 bits per heavy atom. The highest BCUT2D eigenvalue weighted by atomic mass is 35.5. The van der Waals surface area contributed by atoms with Crippen molar-refractivity contribution in [1.29, 1.82) is 0 Å². The Morgan fingerprint density at radius 3 is 2.48 bits per heavy atom. The molecule has 0 saturated heterocycles. The number of amides is 1. The maximum absolute atomic E-state index is 13.0. The number of hydrogen-bond donors (Lipinski definition) is 0. The minimum Gasteiger partial charge on any atom is -0.494 e. The molecule has 0 aliphatic carbocycles. The highest BCUT2D eigenvalue weighted by Crippen LogP contribution is 2.30. The predicted molar refractivity (Wildman–Crippen MR) is 112 cm³/mol. The van der Waals surface area contributed by atoms with E-state index in [1.807, 2.05) is 0 Å². The Kier molecular flexibility index (Phi) is 5.98. The normalized spacial score (nSPS) is 11.1. The summed E-state index contributed by atoms with van der Waals surface area (Å²) in [6.07, 6.45) is 4.09. The lowest BCUT2D eigenvalue weighted by atomic mass is 10.2. The summed E-state index contributed by atoms with van der Waals surface area (Å²) in [5.74, 6) is 0.834. The number of methoxy groups -OCH3 is 1. The van der Waals surface area contributed by atoms with Gasteiger partial charge in [-0.25, -0.2) is 14.7 Å². The molecule has 0 aliphatic heterocycles. The van der Waals surface area contributed by atoms with E-state index in [9.17, 15) is 4.79 Å². The highest BCUT2D eigenvalue weighted by molar-refractivity contribution is 6.30. The molecule has 0 spiro atoms. The lowest BCUT2D eigenvalue weighted by Crippen LogP contribution is -2.34. The van der Waals surface area contributed by atoms with Gasteiger partial charge in [0.1, 0.15) is 22.7 Å². The summed E-state index contributed by atoms with van der Waals surface area (Å²) in [4.78, 5) is 27.5. The van der Waals surface area contributed by atoms with Gasteiger partial charge in [0.05, 0.1) is 25.2 Å². The summed E-state index contributed by atoms with van der Waals surface area (Å²) in [6.45, 7) is 5.39. The van der Waals surface area contributed by atoms with Gasteiger partial charge in [0.15, 0.2) is 5.82 Å². The summed E-state index contributed by atoms with van der Waals surface area (Å²) in [7, 11) is 1.55. The van der Waals surface area contributed by atoms with Crippen LogP contribution in [-0.2, 0) is 4.74 Å². The summed E-state index contributed by atoms with van der Waals surface area (Å²) in [5, 5.41) is 0.552. The van der Waals surface area contributed by atoms with Crippen molar-refractivity contribution in [3.05, 3.63) is 60.0 Å². The fourth-order valence-electron chi connectivity index (χ4n) is 2.55. The maximum Gasteiger partial charge on any atom is 0.420 e. The molecule has 0 aliphatic rings. The molecule has 1 amide bonds. The second-order valence-electron chi connectivity index (χ2n) is 7.11. The van der Waals surface area contributed by atoms with Gasteiger partial charge >= 0.3 is 6.09 Å². The number of carbonyl (C=O) groups excluding carboxylic acids is 1. The van der Waals surface area contributed by atoms with E-state index in [2.05, 4.69) is 15.0 Å². The Balaban J connectivity index is 2.08. The van der Waals surface area contributed by atoms with Crippen LogP contribution in [0.2, 0.25) is 5.02 Å². The van der Waals surface area contributed by atoms with E-state index in [4.69, 9.17) is 21.1 Å². The fraction of sp³-hybridized carbons (Fsp3) is 0.238. The van der Waals surface area contributed by atoms with Gasteiger partial charge in [-0.3, -0.25) is 9.97 Å². The molecule has 150 valence electrons. The largest absolute Gasteiger partial charge is 0.494 e. The van der Waals surface area contributed by atoms with Crippen LogP contribution in [0.5, 0.6) is 5.75 Å². The maximum atomic E-state index is 13.0. The first-order valence-corrected chi connectivity index (χ1v) is 9.26. The minimum absolute atomic E-state index is 0.284. The van der Waals surface area contributed by atoms with E-state index in [1.54, 1.807) is 76.7 Å². The third-order valence-electron chi connectivity index (χ3n) is 3.75. The van der Waals surface area contributed by atoms with E-state index in [1.165, 1.54) is 11.1 Å². The first-order chi connectivity index (χ1) is 13.8. The minimum atomic E-state index is -0.684. The van der Waals surface area contributed by atoms with Crippen molar-refractivity contribution in [3.63, 3.8) is 0 Å². The number of nitrogens with zero attached hydrogens (tertiary/aromatic N) is 4. The average Bonchev–Trinajstić information content (AvgIpc) is 2.68. The summed E-state index contributed by atoms with van der Waals surface area (Å²) < 4.78 is 10.9. The molecule has 3 aromatic rings. The van der Waals surface area contributed by atoms with Crippen LogP contribution in [0.15, 0.2) is 55.0 Å². The van der Waals surface area contributed by atoms with Crippen LogP contribution < -0.4 is 9.64 Å². The van der Waals surface area contributed by atoms with Crippen LogP contribution in [0.1, 0.15) is 20.8 Å². The van der Waals surface area contributed by atoms with Crippen molar-refractivity contribution in [2.24, 2.45) is 0 Å².